The van der Waals surface area contributed by atoms with Crippen molar-refractivity contribution in [3.8, 4) is 5.82 Å². The molecule has 0 saturated carbocycles. The van der Waals surface area contributed by atoms with Crippen molar-refractivity contribution in [1.29, 1.82) is 0 Å². The van der Waals surface area contributed by atoms with E-state index in [0.29, 0.717) is 0 Å². The fourth-order valence-corrected chi connectivity index (χ4v) is 4.18. The standard InChI is InChI=1S/C24H24N4.C6H8O7/c1-20-7-5-13-26-24(20)28-16-6-10-23(28)19-27(17-21-8-3-2-4-9-21)18-22-11-14-25-15-12-22;7-3(8)1-6(13,5(11)12)2-4(9)10/h2-16H,17-19H2,1H3;13H,1-2H2,(H,7,8)(H,9,10)(H,11,12). The summed E-state index contributed by atoms with van der Waals surface area (Å²) < 4.78 is 2.19. The van der Waals surface area contributed by atoms with Gasteiger partial charge in [0, 0.05) is 50.1 Å². The maximum absolute atomic E-state index is 10.3. The number of pyridine rings is 2. The molecule has 0 saturated heterocycles. The van der Waals surface area contributed by atoms with Crippen molar-refractivity contribution in [3.63, 3.8) is 0 Å². The molecule has 4 aromatic rings. The highest BCUT2D eigenvalue weighted by Crippen LogP contribution is 2.19. The second-order valence-corrected chi connectivity index (χ2v) is 9.48. The Bertz CT molecular complexity index is 1380. The van der Waals surface area contributed by atoms with E-state index < -0.39 is 36.4 Å². The zero-order chi connectivity index (χ0) is 29.8. The summed E-state index contributed by atoms with van der Waals surface area (Å²) in [7, 11) is 0. The van der Waals surface area contributed by atoms with E-state index in [1.807, 2.05) is 24.7 Å². The lowest BCUT2D eigenvalue weighted by molar-refractivity contribution is -0.170. The Morgan fingerprint density at radius 1 is 0.780 bits per heavy atom. The third-order valence-electron chi connectivity index (χ3n) is 6.12. The van der Waals surface area contributed by atoms with E-state index in [-0.39, 0.29) is 0 Å². The number of carbonyl (C=O) groups is 3. The summed E-state index contributed by atoms with van der Waals surface area (Å²) >= 11 is 0. The molecular weight excluding hydrogens is 528 g/mol. The summed E-state index contributed by atoms with van der Waals surface area (Å²) in [6, 6.07) is 23.1. The maximum Gasteiger partial charge on any atom is 0.336 e. The highest BCUT2D eigenvalue weighted by molar-refractivity contribution is 5.88. The zero-order valence-corrected chi connectivity index (χ0v) is 22.5. The fourth-order valence-electron chi connectivity index (χ4n) is 4.18. The lowest BCUT2D eigenvalue weighted by Gasteiger charge is -2.23. The van der Waals surface area contributed by atoms with Crippen molar-refractivity contribution in [3.05, 3.63) is 114 Å². The molecule has 0 atom stereocenters. The van der Waals surface area contributed by atoms with E-state index >= 15 is 0 Å². The minimum Gasteiger partial charge on any atom is -0.481 e. The van der Waals surface area contributed by atoms with Crippen LogP contribution in [0.4, 0.5) is 0 Å². The average Bonchev–Trinajstić information content (AvgIpc) is 3.37. The lowest BCUT2D eigenvalue weighted by atomic mass is 9.96. The fraction of sp³-hybridized carbons (Fsp3) is 0.233. The quantitative estimate of drug-likeness (QED) is 0.201. The summed E-state index contributed by atoms with van der Waals surface area (Å²) in [5.41, 5.74) is 2.23. The summed E-state index contributed by atoms with van der Waals surface area (Å²) in [6.45, 7) is 4.68. The first-order chi connectivity index (χ1) is 19.6. The van der Waals surface area contributed by atoms with Gasteiger partial charge in [0.1, 0.15) is 5.82 Å². The molecule has 0 amide bonds. The first-order valence-electron chi connectivity index (χ1n) is 12.7. The van der Waals surface area contributed by atoms with Gasteiger partial charge in [-0.25, -0.2) is 9.78 Å². The van der Waals surface area contributed by atoms with Crippen LogP contribution in [0.15, 0.2) is 91.5 Å². The monoisotopic (exact) mass is 560 g/mol. The number of carboxylic acid groups (broad SMARTS) is 3. The predicted molar refractivity (Wildman–Crippen MR) is 149 cm³/mol. The van der Waals surface area contributed by atoms with Gasteiger partial charge in [-0.05, 0) is 53.9 Å². The Labute approximate surface area is 237 Å². The first kappa shape index (κ1) is 30.7. The summed E-state index contributed by atoms with van der Waals surface area (Å²) in [6.07, 6.45) is 5.37. The van der Waals surface area contributed by atoms with E-state index in [9.17, 15) is 14.4 Å². The molecular formula is C30H32N4O7. The van der Waals surface area contributed by atoms with Crippen LogP contribution >= 0.6 is 0 Å². The second-order valence-electron chi connectivity index (χ2n) is 9.48. The third-order valence-corrected chi connectivity index (χ3v) is 6.12. The maximum atomic E-state index is 10.3. The van der Waals surface area contributed by atoms with Gasteiger partial charge in [0.15, 0.2) is 5.60 Å². The second kappa shape index (κ2) is 14.5. The number of hydrogen-bond acceptors (Lipinski definition) is 7. The van der Waals surface area contributed by atoms with E-state index in [1.54, 1.807) is 0 Å². The number of aryl methyl sites for hydroxylation is 1. The summed E-state index contributed by atoms with van der Waals surface area (Å²) in [4.78, 5) is 41.7. The highest BCUT2D eigenvalue weighted by atomic mass is 16.4. The molecule has 4 rings (SSSR count). The Balaban J connectivity index is 0.000000302. The molecule has 0 bridgehead atoms. The molecule has 4 N–H and O–H groups in total. The molecule has 0 spiro atoms. The molecule has 0 radical (unpaired) electrons. The van der Waals surface area contributed by atoms with E-state index in [4.69, 9.17) is 20.4 Å². The van der Waals surface area contributed by atoms with Crippen LogP contribution < -0.4 is 0 Å². The number of aromatic nitrogens is 3. The van der Waals surface area contributed by atoms with Gasteiger partial charge >= 0.3 is 17.9 Å². The van der Waals surface area contributed by atoms with Crippen molar-refractivity contribution in [2.45, 2.75) is 45.0 Å². The normalized spacial score (nSPS) is 11.0. The summed E-state index contributed by atoms with van der Waals surface area (Å²) in [5.74, 6) is -4.03. The molecule has 3 aromatic heterocycles. The van der Waals surface area contributed by atoms with Crippen LogP contribution in [0.25, 0.3) is 5.82 Å². The average molecular weight is 561 g/mol. The molecule has 0 aliphatic heterocycles. The van der Waals surface area contributed by atoms with Crippen LogP contribution in [-0.2, 0) is 34.0 Å². The van der Waals surface area contributed by atoms with Gasteiger partial charge < -0.3 is 25.0 Å². The van der Waals surface area contributed by atoms with Gasteiger partial charge in [-0.2, -0.15) is 0 Å². The lowest BCUT2D eigenvalue weighted by Crippen LogP contribution is -2.42. The van der Waals surface area contributed by atoms with Crippen molar-refractivity contribution in [2.75, 3.05) is 0 Å². The number of nitrogens with zero attached hydrogens (tertiary/aromatic N) is 4. The van der Waals surface area contributed by atoms with E-state index in [1.165, 1.54) is 22.4 Å². The molecule has 0 aliphatic carbocycles. The highest BCUT2D eigenvalue weighted by Gasteiger charge is 2.40. The van der Waals surface area contributed by atoms with Crippen LogP contribution in [-0.4, -0.2) is 63.4 Å². The molecule has 3 heterocycles. The van der Waals surface area contributed by atoms with Crippen LogP contribution in [0, 0.1) is 6.92 Å². The molecule has 11 nitrogen and oxygen atoms in total. The third kappa shape index (κ3) is 9.38. The Morgan fingerprint density at radius 3 is 1.95 bits per heavy atom. The number of benzene rings is 1. The van der Waals surface area contributed by atoms with Crippen LogP contribution in [0.3, 0.4) is 0 Å². The topological polar surface area (TPSA) is 166 Å². The van der Waals surface area contributed by atoms with Gasteiger partial charge in [0.2, 0.25) is 0 Å². The number of aliphatic carboxylic acids is 3. The SMILES string of the molecule is Cc1cccnc1-n1cccc1CN(Cc1ccccc1)Cc1ccncc1.O=C(O)CC(O)(CC(=O)O)C(=O)O. The Hall–Kier alpha value is -4.87. The number of hydrogen-bond donors (Lipinski definition) is 4. The molecule has 214 valence electrons. The smallest absolute Gasteiger partial charge is 0.336 e. The number of rotatable bonds is 12. The van der Waals surface area contributed by atoms with E-state index in [2.05, 4.69) is 93.2 Å². The molecule has 41 heavy (non-hydrogen) atoms. The summed E-state index contributed by atoms with van der Waals surface area (Å²) in [5, 5.41) is 33.8. The zero-order valence-electron chi connectivity index (χ0n) is 22.5. The van der Waals surface area contributed by atoms with Gasteiger partial charge in [0.25, 0.3) is 0 Å². The largest absolute Gasteiger partial charge is 0.481 e. The van der Waals surface area contributed by atoms with Crippen LogP contribution in [0.1, 0.15) is 35.2 Å². The molecule has 0 fully saturated rings. The van der Waals surface area contributed by atoms with Gasteiger partial charge in [-0.3, -0.25) is 19.5 Å². The van der Waals surface area contributed by atoms with Crippen molar-refractivity contribution >= 4 is 17.9 Å². The number of aliphatic hydroxyl groups is 1. The van der Waals surface area contributed by atoms with E-state index in [0.717, 1.165) is 25.5 Å². The van der Waals surface area contributed by atoms with Crippen molar-refractivity contribution in [1.82, 2.24) is 19.4 Å². The Kier molecular flexibility index (Phi) is 10.8. The molecule has 0 unspecified atom stereocenters. The number of carboxylic acids is 3. The Morgan fingerprint density at radius 2 is 1.39 bits per heavy atom. The predicted octanol–water partition coefficient (Wildman–Crippen LogP) is 3.53. The van der Waals surface area contributed by atoms with Gasteiger partial charge in [-0.1, -0.05) is 36.4 Å². The van der Waals surface area contributed by atoms with Crippen LogP contribution in [0.5, 0.6) is 0 Å². The molecule has 1 aromatic carbocycles. The van der Waals surface area contributed by atoms with Crippen molar-refractivity contribution in [2.24, 2.45) is 0 Å². The minimum atomic E-state index is -2.74. The first-order valence-corrected chi connectivity index (χ1v) is 12.7. The molecule has 11 heteroatoms. The van der Waals surface area contributed by atoms with Crippen LogP contribution in [0.2, 0.25) is 0 Å². The van der Waals surface area contributed by atoms with Gasteiger partial charge in [-0.15, -0.1) is 0 Å². The van der Waals surface area contributed by atoms with Gasteiger partial charge in [0.05, 0.1) is 12.8 Å². The molecule has 0 aliphatic rings. The minimum absolute atomic E-state index is 0.834. The van der Waals surface area contributed by atoms with Crippen molar-refractivity contribution < 1.29 is 34.8 Å².